The van der Waals surface area contributed by atoms with Gasteiger partial charge in [-0.3, -0.25) is 9.98 Å². The second kappa shape index (κ2) is 20.0. The zero-order chi connectivity index (χ0) is 42.6. The Morgan fingerprint density at radius 2 is 1.33 bits per heavy atom. The summed E-state index contributed by atoms with van der Waals surface area (Å²) in [5.41, 5.74) is 15.4. The molecule has 61 heavy (non-hydrogen) atoms. The van der Waals surface area contributed by atoms with Gasteiger partial charge < -0.3 is 0 Å². The minimum atomic E-state index is 0.492. The third kappa shape index (κ3) is 9.41. The fourth-order valence-electron chi connectivity index (χ4n) is 8.16. The van der Waals surface area contributed by atoms with Crippen molar-refractivity contribution >= 4 is 39.8 Å². The lowest BCUT2D eigenvalue weighted by Crippen LogP contribution is -2.29. The van der Waals surface area contributed by atoms with E-state index in [4.69, 9.17) is 4.99 Å². The van der Waals surface area contributed by atoms with E-state index in [9.17, 15) is 0 Å². The summed E-state index contributed by atoms with van der Waals surface area (Å²) in [6, 6.07) is 49.5. The number of benzene rings is 6. The van der Waals surface area contributed by atoms with Crippen LogP contribution in [0.25, 0.3) is 67.5 Å². The van der Waals surface area contributed by atoms with Gasteiger partial charge in [0.15, 0.2) is 0 Å². The van der Waals surface area contributed by atoms with Crippen LogP contribution < -0.4 is 10.4 Å². The van der Waals surface area contributed by atoms with E-state index in [1.807, 2.05) is 49.7 Å². The highest BCUT2D eigenvalue weighted by Crippen LogP contribution is 2.33. The molecule has 0 fully saturated rings. The molecular formula is C59H52N2. The number of fused-ring (bicyclic) bond motifs is 1. The summed E-state index contributed by atoms with van der Waals surface area (Å²) in [5, 5.41) is 4.77. The number of hydrogen-bond donors (Lipinski definition) is 0. The van der Waals surface area contributed by atoms with Crippen molar-refractivity contribution in [3.63, 3.8) is 0 Å². The maximum atomic E-state index is 5.43. The van der Waals surface area contributed by atoms with Gasteiger partial charge in [-0.25, -0.2) is 0 Å². The molecule has 2 nitrogen and oxygen atoms in total. The third-order valence-electron chi connectivity index (χ3n) is 11.0. The second-order valence-electron chi connectivity index (χ2n) is 14.9. The Bertz CT molecular complexity index is 2990. The van der Waals surface area contributed by atoms with Crippen molar-refractivity contribution in [2.45, 2.75) is 34.2 Å². The Morgan fingerprint density at radius 1 is 0.656 bits per heavy atom. The maximum absolute atomic E-state index is 5.43. The summed E-state index contributed by atoms with van der Waals surface area (Å²) < 4.78 is 0. The molecular weight excluding hydrogens is 737 g/mol. The highest BCUT2D eigenvalue weighted by molar-refractivity contribution is 6.11. The van der Waals surface area contributed by atoms with Crippen molar-refractivity contribution < 1.29 is 0 Å². The van der Waals surface area contributed by atoms with Crippen LogP contribution in [0.15, 0.2) is 218 Å². The van der Waals surface area contributed by atoms with Gasteiger partial charge in [-0.2, -0.15) is 0 Å². The first-order chi connectivity index (χ1) is 29.9. The number of allylic oxidation sites excluding steroid dienone is 10. The molecule has 0 atom stereocenters. The zero-order valence-corrected chi connectivity index (χ0v) is 35.6. The molecule has 0 unspecified atom stereocenters. The molecule has 0 aliphatic carbocycles. The van der Waals surface area contributed by atoms with Crippen LogP contribution >= 0.6 is 0 Å². The highest BCUT2D eigenvalue weighted by atomic mass is 14.7. The normalized spacial score (nSPS) is 13.1. The van der Waals surface area contributed by atoms with Crippen LogP contribution in [0.1, 0.15) is 49.9 Å². The number of hydrogen-bond acceptors (Lipinski definition) is 2. The van der Waals surface area contributed by atoms with E-state index < -0.39 is 0 Å². The molecule has 7 aromatic rings. The van der Waals surface area contributed by atoms with Gasteiger partial charge in [-0.05, 0) is 134 Å². The molecule has 0 saturated heterocycles. The van der Waals surface area contributed by atoms with E-state index in [0.717, 1.165) is 66.6 Å². The average Bonchev–Trinajstić information content (AvgIpc) is 3.31. The lowest BCUT2D eigenvalue weighted by Gasteiger charge is -2.16. The molecule has 0 radical (unpaired) electrons. The van der Waals surface area contributed by atoms with Gasteiger partial charge in [-0.1, -0.05) is 183 Å². The predicted molar refractivity (Wildman–Crippen MR) is 266 cm³/mol. The minimum absolute atomic E-state index is 0.492. The molecule has 2 heteroatoms. The summed E-state index contributed by atoms with van der Waals surface area (Å²) in [5.74, 6) is 0. The number of rotatable bonds is 13. The van der Waals surface area contributed by atoms with Crippen molar-refractivity contribution in [1.29, 1.82) is 0 Å². The molecule has 0 saturated carbocycles. The standard InChI is InChI=1S/C59H52N2/c1-7-11-13-24-42(5)52-32-16-17-33-53(52)50(9-3)43(6)37-57(47-29-21-28-46(39-47)49-31-22-36-60-41-49)61-40-44-25-20-30-48(38-44)59-54(23-8-2)51(10-4)58(45-26-14-12-15-27-45)55-34-18-19-35-56(55)59/h7-39,41H,2,5,40H2,1,3-4,6H3/b11-7-,24-13-,43-37+,50-9-,51-10+,54-23+,61-57?. The highest BCUT2D eigenvalue weighted by Gasteiger charge is 2.16. The molecule has 7 rings (SSSR count). The van der Waals surface area contributed by atoms with Crippen molar-refractivity contribution in [3.8, 4) is 33.4 Å². The fourth-order valence-corrected chi connectivity index (χ4v) is 8.16. The minimum Gasteiger partial charge on any atom is -0.280 e. The largest absolute Gasteiger partial charge is 0.280 e. The molecule has 0 N–H and O–H groups in total. The predicted octanol–water partition coefficient (Wildman–Crippen LogP) is 14.2. The van der Waals surface area contributed by atoms with Crippen molar-refractivity contribution in [2.75, 3.05) is 0 Å². The molecule has 298 valence electrons. The van der Waals surface area contributed by atoms with Gasteiger partial charge in [-0.15, -0.1) is 0 Å². The summed E-state index contributed by atoms with van der Waals surface area (Å²) in [7, 11) is 0. The molecule has 0 aliphatic rings. The Morgan fingerprint density at radius 3 is 2.03 bits per heavy atom. The van der Waals surface area contributed by atoms with Gasteiger partial charge in [0.2, 0.25) is 0 Å². The van der Waals surface area contributed by atoms with E-state index in [1.54, 1.807) is 0 Å². The van der Waals surface area contributed by atoms with E-state index in [-0.39, 0.29) is 0 Å². The second-order valence-corrected chi connectivity index (χ2v) is 14.9. The van der Waals surface area contributed by atoms with Crippen molar-refractivity contribution in [3.05, 3.63) is 246 Å². The SMILES string of the molecule is C=C/C=c1/c(-c2cccc(CN=C(/C=C(C)/C(=C/C)c3ccccc3C(=C)/C=C\C=C/C)c3cccc(-c4cccnc4)c3)c2)c2ccccc2c(-c2ccccc2)/c1=C/C. The summed E-state index contributed by atoms with van der Waals surface area (Å²) in [4.78, 5) is 9.83. The summed E-state index contributed by atoms with van der Waals surface area (Å²) in [6.45, 7) is 17.5. The number of aliphatic imine (C=N–C) groups is 1. The van der Waals surface area contributed by atoms with E-state index in [0.29, 0.717) is 6.54 Å². The molecule has 0 spiro atoms. The monoisotopic (exact) mass is 788 g/mol. The van der Waals surface area contributed by atoms with Crippen molar-refractivity contribution in [1.82, 2.24) is 4.98 Å². The molecule has 1 aromatic heterocycles. The topological polar surface area (TPSA) is 25.2 Å². The molecule has 0 amide bonds. The third-order valence-corrected chi connectivity index (χ3v) is 11.0. The maximum Gasteiger partial charge on any atom is 0.0653 e. The number of aromatic nitrogens is 1. The lowest BCUT2D eigenvalue weighted by molar-refractivity contribution is 1.07. The first-order valence-electron chi connectivity index (χ1n) is 20.9. The van der Waals surface area contributed by atoms with Gasteiger partial charge in [0.05, 0.1) is 12.3 Å². The molecule has 0 aliphatic heterocycles. The average molecular weight is 789 g/mol. The van der Waals surface area contributed by atoms with Crippen LogP contribution in [-0.2, 0) is 6.54 Å². The van der Waals surface area contributed by atoms with E-state index in [2.05, 4.69) is 203 Å². The molecule has 1 heterocycles. The first kappa shape index (κ1) is 41.7. The molecule has 0 bridgehead atoms. The Balaban J connectivity index is 1.36. The van der Waals surface area contributed by atoms with Gasteiger partial charge in [0, 0.05) is 23.5 Å². The van der Waals surface area contributed by atoms with Crippen LogP contribution in [0.2, 0.25) is 0 Å². The van der Waals surface area contributed by atoms with Crippen molar-refractivity contribution in [2.24, 2.45) is 4.99 Å². The van der Waals surface area contributed by atoms with Crippen LogP contribution in [0.3, 0.4) is 0 Å². The van der Waals surface area contributed by atoms with Crippen LogP contribution in [-0.4, -0.2) is 10.7 Å². The summed E-state index contributed by atoms with van der Waals surface area (Å²) >= 11 is 0. The zero-order valence-electron chi connectivity index (χ0n) is 35.6. The Hall–Kier alpha value is -7.42. The Kier molecular flexibility index (Phi) is 13.7. The Labute approximate surface area is 361 Å². The first-order valence-corrected chi connectivity index (χ1v) is 20.9. The fraction of sp³-hybridized carbons (Fsp3) is 0.0847. The summed E-state index contributed by atoms with van der Waals surface area (Å²) in [6.07, 6.45) is 22.6. The van der Waals surface area contributed by atoms with E-state index >= 15 is 0 Å². The van der Waals surface area contributed by atoms with E-state index in [1.165, 1.54) is 32.7 Å². The quantitative estimate of drug-likeness (QED) is 0.0844. The molecule has 6 aromatic carbocycles. The van der Waals surface area contributed by atoms with Gasteiger partial charge in [0.1, 0.15) is 0 Å². The number of pyridine rings is 1. The number of nitrogens with zero attached hydrogens (tertiary/aromatic N) is 2. The van der Waals surface area contributed by atoms with Crippen LogP contribution in [0.4, 0.5) is 0 Å². The van der Waals surface area contributed by atoms with Gasteiger partial charge >= 0.3 is 0 Å². The van der Waals surface area contributed by atoms with Crippen LogP contribution in [0.5, 0.6) is 0 Å². The van der Waals surface area contributed by atoms with Gasteiger partial charge in [0.25, 0.3) is 0 Å². The smallest absolute Gasteiger partial charge is 0.0653 e. The van der Waals surface area contributed by atoms with Crippen LogP contribution in [0, 0.1) is 0 Å². The lowest BCUT2D eigenvalue weighted by atomic mass is 9.87.